The molecule has 0 N–H and O–H groups in total. The van der Waals surface area contributed by atoms with Crippen LogP contribution in [0, 0.1) is 5.92 Å². The van der Waals surface area contributed by atoms with Crippen LogP contribution in [0.25, 0.3) is 5.69 Å². The average molecular weight is 446 g/mol. The van der Waals surface area contributed by atoms with Crippen molar-refractivity contribution in [2.24, 2.45) is 13.0 Å². The first-order chi connectivity index (χ1) is 16.0. The fraction of sp³-hybridized carbons (Fsp3) is 0.360. The van der Waals surface area contributed by atoms with Crippen molar-refractivity contribution < 1.29 is 9.59 Å². The van der Waals surface area contributed by atoms with Crippen LogP contribution in [0.4, 0.5) is 5.69 Å². The predicted molar refractivity (Wildman–Crippen MR) is 124 cm³/mol. The number of likely N-dealkylation sites (tertiary alicyclic amines) is 1. The van der Waals surface area contributed by atoms with Gasteiger partial charge in [-0.3, -0.25) is 9.59 Å². The van der Waals surface area contributed by atoms with Crippen LogP contribution in [0.15, 0.2) is 65.5 Å². The number of hydrogen-bond acceptors (Lipinski definition) is 4. The van der Waals surface area contributed by atoms with Crippen LogP contribution in [0.3, 0.4) is 0 Å². The maximum absolute atomic E-state index is 13.2. The molecule has 33 heavy (non-hydrogen) atoms. The van der Waals surface area contributed by atoms with Crippen LogP contribution < -0.4 is 10.6 Å². The zero-order valence-electron chi connectivity index (χ0n) is 18.6. The number of para-hydroxylation sites is 2. The molecule has 1 aromatic heterocycles. The van der Waals surface area contributed by atoms with E-state index in [9.17, 15) is 14.4 Å². The predicted octanol–water partition coefficient (Wildman–Crippen LogP) is 2.33. The van der Waals surface area contributed by atoms with Crippen LogP contribution in [-0.2, 0) is 16.6 Å². The minimum absolute atomic E-state index is 0.00482. The van der Waals surface area contributed by atoms with Crippen molar-refractivity contribution in [2.45, 2.75) is 25.2 Å². The van der Waals surface area contributed by atoms with Gasteiger partial charge in [0.2, 0.25) is 11.8 Å². The maximum Gasteiger partial charge on any atom is 0.350 e. The van der Waals surface area contributed by atoms with Gasteiger partial charge in [-0.15, -0.1) is 0 Å². The molecule has 0 saturated carbocycles. The van der Waals surface area contributed by atoms with E-state index in [-0.39, 0.29) is 35.8 Å². The molecule has 8 nitrogen and oxygen atoms in total. The molecule has 3 heterocycles. The van der Waals surface area contributed by atoms with Gasteiger partial charge in [-0.2, -0.15) is 5.10 Å². The lowest BCUT2D eigenvalue weighted by molar-refractivity contribution is -0.136. The Balaban J connectivity index is 1.27. The summed E-state index contributed by atoms with van der Waals surface area (Å²) < 4.78 is 3.05. The Kier molecular flexibility index (Phi) is 5.58. The van der Waals surface area contributed by atoms with E-state index in [0.29, 0.717) is 19.6 Å². The summed E-state index contributed by atoms with van der Waals surface area (Å²) in [6, 6.07) is 19.0. The van der Waals surface area contributed by atoms with Crippen LogP contribution in [0.5, 0.6) is 0 Å². The highest BCUT2D eigenvalue weighted by Crippen LogP contribution is 2.31. The standard InChI is InChI=1S/C25H27N5O3/c1-27-25(33)30(21-10-6-3-7-11-21)23(26-27)18-12-14-28(15-13-18)24(32)19-16-22(31)29(17-19)20-8-4-2-5-9-20/h2-11,18-19H,12-17H2,1H3. The summed E-state index contributed by atoms with van der Waals surface area (Å²) in [5.74, 6) is 0.560. The molecule has 170 valence electrons. The smallest absolute Gasteiger partial charge is 0.342 e. The van der Waals surface area contributed by atoms with E-state index in [1.807, 2.05) is 65.6 Å². The van der Waals surface area contributed by atoms with Gasteiger partial charge in [0.15, 0.2) is 0 Å². The van der Waals surface area contributed by atoms with Gasteiger partial charge in [-0.1, -0.05) is 36.4 Å². The highest BCUT2D eigenvalue weighted by molar-refractivity contribution is 6.00. The van der Waals surface area contributed by atoms with Crippen molar-refractivity contribution in [1.82, 2.24) is 19.2 Å². The van der Waals surface area contributed by atoms with Crippen LogP contribution in [0.2, 0.25) is 0 Å². The summed E-state index contributed by atoms with van der Waals surface area (Å²) in [7, 11) is 1.67. The number of anilines is 1. The maximum atomic E-state index is 13.2. The van der Waals surface area contributed by atoms with Crippen molar-refractivity contribution in [3.63, 3.8) is 0 Å². The van der Waals surface area contributed by atoms with E-state index in [1.54, 1.807) is 16.5 Å². The molecule has 0 bridgehead atoms. The summed E-state index contributed by atoms with van der Waals surface area (Å²) in [6.45, 7) is 1.62. The van der Waals surface area contributed by atoms with E-state index in [1.165, 1.54) is 4.68 Å². The summed E-state index contributed by atoms with van der Waals surface area (Å²) in [5.41, 5.74) is 1.47. The molecule has 2 fully saturated rings. The number of amides is 2. The summed E-state index contributed by atoms with van der Waals surface area (Å²) >= 11 is 0. The Bertz CT molecular complexity index is 1210. The lowest BCUT2D eigenvalue weighted by atomic mass is 9.94. The second-order valence-electron chi connectivity index (χ2n) is 8.78. The molecule has 0 aliphatic carbocycles. The van der Waals surface area contributed by atoms with Crippen molar-refractivity contribution >= 4 is 17.5 Å². The van der Waals surface area contributed by atoms with Crippen LogP contribution in [-0.4, -0.2) is 50.7 Å². The molecule has 2 aromatic carbocycles. The van der Waals surface area contributed by atoms with Crippen LogP contribution >= 0.6 is 0 Å². The van der Waals surface area contributed by atoms with E-state index in [4.69, 9.17) is 0 Å². The highest BCUT2D eigenvalue weighted by Gasteiger charge is 2.38. The number of aromatic nitrogens is 3. The minimum atomic E-state index is -0.313. The third-order valence-electron chi connectivity index (χ3n) is 6.68. The SMILES string of the molecule is Cn1nc(C2CCN(C(=O)C3CC(=O)N(c4ccccc4)C3)CC2)n(-c2ccccc2)c1=O. The second-order valence-corrected chi connectivity index (χ2v) is 8.78. The molecule has 0 spiro atoms. The Morgan fingerprint density at radius 2 is 1.52 bits per heavy atom. The molecule has 2 aliphatic heterocycles. The zero-order chi connectivity index (χ0) is 22.9. The average Bonchev–Trinajstić information content (AvgIpc) is 3.39. The van der Waals surface area contributed by atoms with Gasteiger partial charge >= 0.3 is 5.69 Å². The van der Waals surface area contributed by atoms with Gasteiger partial charge in [-0.25, -0.2) is 14.0 Å². The molecular weight excluding hydrogens is 418 g/mol. The monoisotopic (exact) mass is 445 g/mol. The lowest BCUT2D eigenvalue weighted by Crippen LogP contribution is -2.42. The molecule has 5 rings (SSSR count). The number of hydrogen-bond donors (Lipinski definition) is 0. The van der Waals surface area contributed by atoms with E-state index in [2.05, 4.69) is 5.10 Å². The quantitative estimate of drug-likeness (QED) is 0.617. The molecule has 8 heteroatoms. The summed E-state index contributed by atoms with van der Waals surface area (Å²) in [4.78, 5) is 42.0. The van der Waals surface area contributed by atoms with E-state index >= 15 is 0 Å². The highest BCUT2D eigenvalue weighted by atomic mass is 16.2. The van der Waals surface area contributed by atoms with Crippen molar-refractivity contribution in [3.8, 4) is 5.69 Å². The largest absolute Gasteiger partial charge is 0.350 e. The minimum Gasteiger partial charge on any atom is -0.342 e. The molecule has 1 atom stereocenters. The van der Waals surface area contributed by atoms with E-state index < -0.39 is 0 Å². The Hall–Kier alpha value is -3.68. The number of carbonyl (C=O) groups excluding carboxylic acids is 2. The molecular formula is C25H27N5O3. The number of piperidine rings is 1. The van der Waals surface area contributed by atoms with Crippen molar-refractivity contribution in [2.75, 3.05) is 24.5 Å². The summed E-state index contributed by atoms with van der Waals surface area (Å²) in [6.07, 6.45) is 1.72. The van der Waals surface area contributed by atoms with Gasteiger partial charge in [0.1, 0.15) is 5.82 Å². The van der Waals surface area contributed by atoms with Gasteiger partial charge < -0.3 is 9.80 Å². The first-order valence-corrected chi connectivity index (χ1v) is 11.4. The number of aryl methyl sites for hydroxylation is 1. The first kappa shape index (κ1) is 21.2. The molecule has 0 radical (unpaired) electrons. The number of rotatable bonds is 4. The van der Waals surface area contributed by atoms with Crippen molar-refractivity contribution in [3.05, 3.63) is 77.0 Å². The third kappa shape index (κ3) is 3.97. The number of nitrogens with zero attached hydrogens (tertiary/aromatic N) is 5. The Morgan fingerprint density at radius 3 is 2.15 bits per heavy atom. The molecule has 2 aliphatic rings. The lowest BCUT2D eigenvalue weighted by Gasteiger charge is -2.33. The number of carbonyl (C=O) groups is 2. The number of benzene rings is 2. The van der Waals surface area contributed by atoms with Crippen molar-refractivity contribution in [1.29, 1.82) is 0 Å². The molecule has 2 amide bonds. The van der Waals surface area contributed by atoms with Gasteiger partial charge in [0, 0.05) is 44.7 Å². The first-order valence-electron chi connectivity index (χ1n) is 11.4. The second kappa shape index (κ2) is 8.69. The molecule has 3 aromatic rings. The third-order valence-corrected chi connectivity index (χ3v) is 6.68. The topological polar surface area (TPSA) is 80.4 Å². The fourth-order valence-electron chi connectivity index (χ4n) is 4.91. The Morgan fingerprint density at radius 1 is 0.909 bits per heavy atom. The molecule has 2 saturated heterocycles. The van der Waals surface area contributed by atoms with Gasteiger partial charge in [-0.05, 0) is 37.1 Å². The Labute approximate surface area is 192 Å². The molecule has 1 unspecified atom stereocenters. The van der Waals surface area contributed by atoms with Gasteiger partial charge in [0.05, 0.1) is 11.6 Å². The zero-order valence-corrected chi connectivity index (χ0v) is 18.6. The van der Waals surface area contributed by atoms with Crippen LogP contribution in [0.1, 0.15) is 31.0 Å². The van der Waals surface area contributed by atoms with E-state index in [0.717, 1.165) is 30.0 Å². The fourth-order valence-corrected chi connectivity index (χ4v) is 4.91. The normalized spacial score (nSPS) is 19.3. The van der Waals surface area contributed by atoms with Gasteiger partial charge in [0.25, 0.3) is 0 Å². The summed E-state index contributed by atoms with van der Waals surface area (Å²) in [5, 5.41) is 4.52.